The van der Waals surface area contributed by atoms with Gasteiger partial charge in [-0.1, -0.05) is 6.07 Å². The first kappa shape index (κ1) is 15.0. The van der Waals surface area contributed by atoms with E-state index >= 15 is 0 Å². The number of hydrogen-bond donors (Lipinski definition) is 1. The van der Waals surface area contributed by atoms with Gasteiger partial charge in [-0.2, -0.15) is 17.0 Å². The van der Waals surface area contributed by atoms with E-state index in [4.69, 9.17) is 11.0 Å². The molecule has 6 heteroatoms. The summed E-state index contributed by atoms with van der Waals surface area (Å²) in [6.45, 7) is 1.89. The van der Waals surface area contributed by atoms with Gasteiger partial charge < -0.3 is 5.73 Å². The van der Waals surface area contributed by atoms with Crippen LogP contribution in [0.1, 0.15) is 12.5 Å². The fraction of sp³-hybridized carbons (Fsp3) is 0.417. The van der Waals surface area contributed by atoms with Crippen LogP contribution in [0.15, 0.2) is 29.2 Å². The summed E-state index contributed by atoms with van der Waals surface area (Å²) < 4.78 is 24.0. The highest BCUT2D eigenvalue weighted by Crippen LogP contribution is 2.14. The minimum atomic E-state index is -3.30. The predicted molar refractivity (Wildman–Crippen MR) is 74.2 cm³/mol. The first-order valence-electron chi connectivity index (χ1n) is 5.52. The maximum Gasteiger partial charge on any atom is 0.179 e. The van der Waals surface area contributed by atoms with Gasteiger partial charge in [0, 0.05) is 17.5 Å². The van der Waals surface area contributed by atoms with E-state index < -0.39 is 9.84 Å². The van der Waals surface area contributed by atoms with Crippen LogP contribution in [0.25, 0.3) is 0 Å². The average molecular weight is 284 g/mol. The van der Waals surface area contributed by atoms with Crippen molar-refractivity contribution >= 4 is 21.6 Å². The molecule has 1 rings (SSSR count). The molecular formula is C12H16N2O2S2. The molecule has 1 aromatic carbocycles. The van der Waals surface area contributed by atoms with Crippen molar-refractivity contribution in [3.63, 3.8) is 0 Å². The van der Waals surface area contributed by atoms with E-state index in [9.17, 15) is 8.42 Å². The van der Waals surface area contributed by atoms with Gasteiger partial charge in [-0.3, -0.25) is 0 Å². The molecule has 0 aliphatic heterocycles. The maximum atomic E-state index is 12.0. The standard InChI is InChI=1S/C12H16N2O2S2/c1-10(14)9-17-5-6-18(15,16)12-4-2-3-11(7-12)8-13/h2-4,7,10H,5-6,9,14H2,1H3. The van der Waals surface area contributed by atoms with Gasteiger partial charge in [-0.05, 0) is 25.1 Å². The highest BCUT2D eigenvalue weighted by molar-refractivity contribution is 8.00. The van der Waals surface area contributed by atoms with Crippen molar-refractivity contribution in [2.24, 2.45) is 5.73 Å². The minimum Gasteiger partial charge on any atom is -0.327 e. The molecule has 1 atom stereocenters. The lowest BCUT2D eigenvalue weighted by molar-refractivity contribution is 0.597. The molecule has 0 heterocycles. The van der Waals surface area contributed by atoms with Crippen molar-refractivity contribution in [1.82, 2.24) is 0 Å². The summed E-state index contributed by atoms with van der Waals surface area (Å²) >= 11 is 1.52. The minimum absolute atomic E-state index is 0.0687. The Hall–Kier alpha value is -1.03. The Balaban J connectivity index is 2.66. The van der Waals surface area contributed by atoms with Crippen molar-refractivity contribution in [2.75, 3.05) is 17.3 Å². The highest BCUT2D eigenvalue weighted by atomic mass is 32.2. The molecule has 2 N–H and O–H groups in total. The van der Waals surface area contributed by atoms with E-state index in [-0.39, 0.29) is 16.7 Å². The molecule has 0 bridgehead atoms. The topological polar surface area (TPSA) is 84.0 Å². The van der Waals surface area contributed by atoms with Gasteiger partial charge >= 0.3 is 0 Å². The van der Waals surface area contributed by atoms with Crippen LogP contribution in [0.5, 0.6) is 0 Å². The molecule has 0 spiro atoms. The summed E-state index contributed by atoms with van der Waals surface area (Å²) in [5, 5.41) is 8.74. The fourth-order valence-electron chi connectivity index (χ4n) is 1.31. The van der Waals surface area contributed by atoms with Gasteiger partial charge in [0.2, 0.25) is 0 Å². The lowest BCUT2D eigenvalue weighted by Gasteiger charge is -2.06. The number of thioether (sulfide) groups is 1. The Morgan fingerprint density at radius 2 is 2.22 bits per heavy atom. The number of benzene rings is 1. The van der Waals surface area contributed by atoms with Gasteiger partial charge in [0.15, 0.2) is 9.84 Å². The van der Waals surface area contributed by atoms with Crippen LogP contribution in [0.4, 0.5) is 0 Å². The maximum absolute atomic E-state index is 12.0. The molecule has 0 radical (unpaired) electrons. The van der Waals surface area contributed by atoms with Crippen molar-refractivity contribution in [3.8, 4) is 6.07 Å². The molecule has 0 amide bonds. The van der Waals surface area contributed by atoms with E-state index in [1.54, 1.807) is 12.1 Å². The van der Waals surface area contributed by atoms with Crippen LogP contribution >= 0.6 is 11.8 Å². The largest absolute Gasteiger partial charge is 0.327 e. The normalized spacial score (nSPS) is 12.9. The molecule has 0 saturated carbocycles. The number of sulfone groups is 1. The fourth-order valence-corrected chi connectivity index (χ4v) is 4.03. The first-order valence-corrected chi connectivity index (χ1v) is 8.32. The van der Waals surface area contributed by atoms with Crippen molar-refractivity contribution < 1.29 is 8.42 Å². The zero-order valence-corrected chi connectivity index (χ0v) is 11.8. The predicted octanol–water partition coefficient (Wildman–Crippen LogP) is 1.41. The first-order chi connectivity index (χ1) is 8.45. The number of nitrogens with zero attached hydrogens (tertiary/aromatic N) is 1. The Bertz CT molecular complexity index is 533. The van der Waals surface area contributed by atoms with Crippen molar-refractivity contribution in [2.45, 2.75) is 17.9 Å². The van der Waals surface area contributed by atoms with Crippen LogP contribution < -0.4 is 5.73 Å². The lowest BCUT2D eigenvalue weighted by Crippen LogP contribution is -2.18. The molecule has 98 valence electrons. The zero-order chi connectivity index (χ0) is 13.6. The molecule has 4 nitrogen and oxygen atoms in total. The SMILES string of the molecule is CC(N)CSCCS(=O)(=O)c1cccc(C#N)c1. The Kier molecular flexibility index (Phi) is 5.66. The van der Waals surface area contributed by atoms with E-state index in [1.807, 2.05) is 13.0 Å². The molecular weight excluding hydrogens is 268 g/mol. The Morgan fingerprint density at radius 1 is 1.50 bits per heavy atom. The molecule has 1 aromatic rings. The quantitative estimate of drug-likeness (QED) is 0.798. The zero-order valence-electron chi connectivity index (χ0n) is 10.2. The third-order valence-electron chi connectivity index (χ3n) is 2.20. The second kappa shape index (κ2) is 6.78. The van der Waals surface area contributed by atoms with Gasteiger partial charge in [-0.25, -0.2) is 8.42 Å². The van der Waals surface area contributed by atoms with E-state index in [0.717, 1.165) is 5.75 Å². The third-order valence-corrected chi connectivity index (χ3v) is 5.43. The monoisotopic (exact) mass is 284 g/mol. The number of nitriles is 1. The summed E-state index contributed by atoms with van der Waals surface area (Å²) in [7, 11) is -3.30. The summed E-state index contributed by atoms with van der Waals surface area (Å²) in [6, 6.07) is 8.10. The van der Waals surface area contributed by atoms with E-state index in [2.05, 4.69) is 0 Å². The number of rotatable bonds is 6. The number of hydrogen-bond acceptors (Lipinski definition) is 5. The number of nitrogens with two attached hydrogens (primary N) is 1. The van der Waals surface area contributed by atoms with Crippen molar-refractivity contribution in [3.05, 3.63) is 29.8 Å². The van der Waals surface area contributed by atoms with Crippen LogP contribution in [0, 0.1) is 11.3 Å². The van der Waals surface area contributed by atoms with Gasteiger partial charge in [0.1, 0.15) is 0 Å². The highest BCUT2D eigenvalue weighted by Gasteiger charge is 2.14. The second-order valence-electron chi connectivity index (χ2n) is 4.01. The molecule has 1 unspecified atom stereocenters. The molecule has 0 fully saturated rings. The summed E-state index contributed by atoms with van der Waals surface area (Å²) in [6.07, 6.45) is 0. The molecule has 0 aromatic heterocycles. The summed E-state index contributed by atoms with van der Waals surface area (Å²) in [5.74, 6) is 1.33. The smallest absolute Gasteiger partial charge is 0.179 e. The van der Waals surface area contributed by atoms with Crippen LogP contribution in [0.3, 0.4) is 0 Å². The molecule has 0 saturated heterocycles. The van der Waals surface area contributed by atoms with Crippen LogP contribution in [0.2, 0.25) is 0 Å². The molecule has 0 aliphatic rings. The van der Waals surface area contributed by atoms with Gasteiger partial charge in [-0.15, -0.1) is 0 Å². The van der Waals surface area contributed by atoms with Gasteiger partial charge in [0.25, 0.3) is 0 Å². The summed E-state index contributed by atoms with van der Waals surface area (Å²) in [4.78, 5) is 0.211. The average Bonchev–Trinajstić information content (AvgIpc) is 2.34. The van der Waals surface area contributed by atoms with Gasteiger partial charge in [0.05, 0.1) is 22.3 Å². The van der Waals surface area contributed by atoms with E-state index in [0.29, 0.717) is 11.3 Å². The molecule has 0 aliphatic carbocycles. The van der Waals surface area contributed by atoms with Crippen LogP contribution in [-0.2, 0) is 9.84 Å². The molecule has 18 heavy (non-hydrogen) atoms. The van der Waals surface area contributed by atoms with Crippen LogP contribution in [-0.4, -0.2) is 31.7 Å². The Labute approximate surface area is 112 Å². The lowest BCUT2D eigenvalue weighted by atomic mass is 10.2. The summed E-state index contributed by atoms with van der Waals surface area (Å²) in [5.41, 5.74) is 5.95. The third kappa shape index (κ3) is 4.69. The van der Waals surface area contributed by atoms with E-state index in [1.165, 1.54) is 23.9 Å². The second-order valence-corrected chi connectivity index (χ2v) is 7.27. The van der Waals surface area contributed by atoms with Crippen molar-refractivity contribution in [1.29, 1.82) is 5.26 Å². The Morgan fingerprint density at radius 3 is 2.83 bits per heavy atom.